The SMILES string of the molecule is C=CCn1c(SC(C)C(=O)Nc2ccc(Cl)c(S(=O)(=O)N(C)C)c2)nc2ccccc21. The summed E-state index contributed by atoms with van der Waals surface area (Å²) in [6.07, 6.45) is 1.78. The number of nitrogens with one attached hydrogen (secondary N) is 1. The van der Waals surface area contributed by atoms with E-state index in [-0.39, 0.29) is 15.8 Å². The molecule has 7 nitrogen and oxygen atoms in total. The zero-order valence-corrected chi connectivity index (χ0v) is 19.8. The van der Waals surface area contributed by atoms with Gasteiger partial charge in [0.15, 0.2) is 5.16 Å². The Morgan fingerprint density at radius 1 is 1.32 bits per heavy atom. The molecule has 1 heterocycles. The van der Waals surface area contributed by atoms with Crippen LogP contribution in [0.5, 0.6) is 0 Å². The molecule has 1 N–H and O–H groups in total. The molecule has 3 aromatic rings. The third kappa shape index (κ3) is 4.95. The standard InChI is InChI=1S/C21H23ClN4O3S2/c1-5-12-26-18-9-7-6-8-17(18)24-21(26)30-14(2)20(27)23-15-10-11-16(22)19(13-15)31(28,29)25(3)4/h5-11,13-14H,1,12H2,2-4H3,(H,23,27). The van der Waals surface area contributed by atoms with Gasteiger partial charge in [-0.3, -0.25) is 4.79 Å². The van der Waals surface area contributed by atoms with E-state index in [2.05, 4.69) is 16.9 Å². The molecule has 31 heavy (non-hydrogen) atoms. The highest BCUT2D eigenvalue weighted by atomic mass is 35.5. The number of hydrogen-bond acceptors (Lipinski definition) is 5. The van der Waals surface area contributed by atoms with Crippen LogP contribution in [0.25, 0.3) is 11.0 Å². The van der Waals surface area contributed by atoms with E-state index in [1.807, 2.05) is 28.8 Å². The van der Waals surface area contributed by atoms with Crippen LogP contribution in [0, 0.1) is 0 Å². The van der Waals surface area contributed by atoms with Crippen molar-refractivity contribution in [2.45, 2.75) is 28.8 Å². The average molecular weight is 479 g/mol. The van der Waals surface area contributed by atoms with Gasteiger partial charge in [-0.05, 0) is 37.3 Å². The first-order chi connectivity index (χ1) is 14.6. The molecule has 0 saturated carbocycles. The van der Waals surface area contributed by atoms with Crippen LogP contribution >= 0.6 is 23.4 Å². The highest BCUT2D eigenvalue weighted by Gasteiger charge is 2.23. The summed E-state index contributed by atoms with van der Waals surface area (Å²) >= 11 is 7.40. The van der Waals surface area contributed by atoms with E-state index < -0.39 is 15.3 Å². The van der Waals surface area contributed by atoms with E-state index in [0.29, 0.717) is 17.4 Å². The Bertz CT molecular complexity index is 1240. The summed E-state index contributed by atoms with van der Waals surface area (Å²) < 4.78 is 28.0. The fourth-order valence-electron chi connectivity index (χ4n) is 2.88. The number of thioether (sulfide) groups is 1. The molecule has 0 aliphatic carbocycles. The van der Waals surface area contributed by atoms with E-state index in [4.69, 9.17) is 11.6 Å². The third-order valence-corrected chi connectivity index (χ3v) is 7.93. The summed E-state index contributed by atoms with van der Waals surface area (Å²) in [7, 11) is -0.896. The fourth-order valence-corrected chi connectivity index (χ4v) is 5.21. The predicted octanol–water partition coefficient (Wildman–Crippen LogP) is 4.25. The van der Waals surface area contributed by atoms with Crippen molar-refractivity contribution in [3.63, 3.8) is 0 Å². The lowest BCUT2D eigenvalue weighted by Crippen LogP contribution is -2.24. The molecular formula is C21H23ClN4O3S2. The summed E-state index contributed by atoms with van der Waals surface area (Å²) in [4.78, 5) is 17.4. The number of nitrogens with zero attached hydrogens (tertiary/aromatic N) is 3. The Balaban J connectivity index is 1.82. The number of allylic oxidation sites excluding steroid dienone is 1. The van der Waals surface area contributed by atoms with Crippen molar-refractivity contribution >= 4 is 56.0 Å². The van der Waals surface area contributed by atoms with E-state index in [9.17, 15) is 13.2 Å². The molecule has 0 spiro atoms. The average Bonchev–Trinajstić information content (AvgIpc) is 3.06. The van der Waals surface area contributed by atoms with Crippen molar-refractivity contribution in [1.29, 1.82) is 0 Å². The van der Waals surface area contributed by atoms with Crippen molar-refractivity contribution in [3.8, 4) is 0 Å². The second kappa shape index (κ2) is 9.44. The zero-order valence-electron chi connectivity index (χ0n) is 17.4. The Labute approximate surface area is 191 Å². The Kier molecular flexibility index (Phi) is 7.10. The Hall–Kier alpha value is -2.33. The first kappa shape index (κ1) is 23.3. The molecule has 10 heteroatoms. The minimum Gasteiger partial charge on any atom is -0.325 e. The molecule has 164 valence electrons. The normalized spacial score (nSPS) is 12.8. The highest BCUT2D eigenvalue weighted by Crippen LogP contribution is 2.30. The summed E-state index contributed by atoms with van der Waals surface area (Å²) in [6.45, 7) is 6.14. The van der Waals surface area contributed by atoms with Crippen LogP contribution in [-0.2, 0) is 21.4 Å². The maximum Gasteiger partial charge on any atom is 0.244 e. The van der Waals surface area contributed by atoms with Crippen molar-refractivity contribution in [2.24, 2.45) is 0 Å². The van der Waals surface area contributed by atoms with E-state index in [1.165, 1.54) is 38.0 Å². The van der Waals surface area contributed by atoms with Gasteiger partial charge < -0.3 is 9.88 Å². The summed E-state index contributed by atoms with van der Waals surface area (Å²) in [5.41, 5.74) is 2.16. The maximum atomic E-state index is 12.8. The third-order valence-electron chi connectivity index (χ3n) is 4.54. The molecule has 2 aromatic carbocycles. The molecule has 0 saturated heterocycles. The van der Waals surface area contributed by atoms with Crippen LogP contribution in [0.2, 0.25) is 5.02 Å². The number of benzene rings is 2. The minimum absolute atomic E-state index is 0.0648. The first-order valence-corrected chi connectivity index (χ1v) is 12.1. The van der Waals surface area contributed by atoms with E-state index >= 15 is 0 Å². The van der Waals surface area contributed by atoms with Gasteiger partial charge in [0, 0.05) is 26.3 Å². The molecule has 0 aliphatic heterocycles. The van der Waals surface area contributed by atoms with Gasteiger partial charge in [-0.2, -0.15) is 0 Å². The molecule has 0 bridgehead atoms. The molecule has 1 amide bonds. The number of halogens is 1. The van der Waals surface area contributed by atoms with Crippen LogP contribution in [0.15, 0.2) is 65.2 Å². The molecule has 0 radical (unpaired) electrons. The van der Waals surface area contributed by atoms with E-state index in [0.717, 1.165) is 15.3 Å². The lowest BCUT2D eigenvalue weighted by Gasteiger charge is -2.16. The van der Waals surface area contributed by atoms with Gasteiger partial charge >= 0.3 is 0 Å². The number of carbonyl (C=O) groups is 1. The fraction of sp³-hybridized carbons (Fsp3) is 0.238. The summed E-state index contributed by atoms with van der Waals surface area (Å²) in [5, 5.41) is 3.08. The first-order valence-electron chi connectivity index (χ1n) is 9.41. The van der Waals surface area contributed by atoms with Gasteiger partial charge in [0.1, 0.15) is 4.90 Å². The number of hydrogen-bond donors (Lipinski definition) is 1. The number of imidazole rings is 1. The largest absolute Gasteiger partial charge is 0.325 e. The van der Waals surface area contributed by atoms with Crippen molar-refractivity contribution in [1.82, 2.24) is 13.9 Å². The quantitative estimate of drug-likeness (QED) is 0.386. The van der Waals surface area contributed by atoms with Crippen LogP contribution in [0.3, 0.4) is 0 Å². The summed E-state index contributed by atoms with van der Waals surface area (Å²) in [6, 6.07) is 12.1. The summed E-state index contributed by atoms with van der Waals surface area (Å²) in [5.74, 6) is -0.280. The minimum atomic E-state index is -3.74. The second-order valence-electron chi connectivity index (χ2n) is 6.96. The Morgan fingerprint density at radius 2 is 2.03 bits per heavy atom. The molecule has 1 atom stereocenters. The van der Waals surface area contributed by atoms with Gasteiger partial charge in [-0.25, -0.2) is 17.7 Å². The lowest BCUT2D eigenvalue weighted by molar-refractivity contribution is -0.115. The van der Waals surface area contributed by atoms with Gasteiger partial charge in [-0.15, -0.1) is 6.58 Å². The van der Waals surface area contributed by atoms with Crippen molar-refractivity contribution in [3.05, 3.63) is 60.1 Å². The number of rotatable bonds is 8. The Morgan fingerprint density at radius 3 is 2.71 bits per heavy atom. The highest BCUT2D eigenvalue weighted by molar-refractivity contribution is 8.00. The van der Waals surface area contributed by atoms with Crippen LogP contribution < -0.4 is 5.32 Å². The molecule has 3 rings (SSSR count). The van der Waals surface area contributed by atoms with Gasteiger partial charge in [0.05, 0.1) is 21.3 Å². The topological polar surface area (TPSA) is 84.3 Å². The zero-order chi connectivity index (χ0) is 22.8. The number of anilines is 1. The van der Waals surface area contributed by atoms with E-state index in [1.54, 1.807) is 19.1 Å². The van der Waals surface area contributed by atoms with Crippen molar-refractivity contribution in [2.75, 3.05) is 19.4 Å². The number of para-hydroxylation sites is 2. The molecular weight excluding hydrogens is 456 g/mol. The smallest absolute Gasteiger partial charge is 0.244 e. The molecule has 1 aromatic heterocycles. The molecule has 1 unspecified atom stereocenters. The van der Waals surface area contributed by atoms with Crippen LogP contribution in [0.1, 0.15) is 6.92 Å². The van der Waals surface area contributed by atoms with Crippen LogP contribution in [0.4, 0.5) is 5.69 Å². The molecule has 0 aliphatic rings. The van der Waals surface area contributed by atoms with Gasteiger partial charge in [0.25, 0.3) is 0 Å². The maximum absolute atomic E-state index is 12.8. The predicted molar refractivity (Wildman–Crippen MR) is 126 cm³/mol. The monoisotopic (exact) mass is 478 g/mol. The van der Waals surface area contributed by atoms with Gasteiger partial charge in [-0.1, -0.05) is 41.6 Å². The number of amides is 1. The number of sulfonamides is 1. The van der Waals surface area contributed by atoms with Gasteiger partial charge in [0.2, 0.25) is 15.9 Å². The van der Waals surface area contributed by atoms with Crippen LogP contribution in [-0.4, -0.2) is 47.5 Å². The number of carbonyl (C=O) groups excluding carboxylic acids is 1. The van der Waals surface area contributed by atoms with Crippen molar-refractivity contribution < 1.29 is 13.2 Å². The second-order valence-corrected chi connectivity index (χ2v) is 10.8. The number of aromatic nitrogens is 2. The lowest BCUT2D eigenvalue weighted by atomic mass is 10.3. The number of fused-ring (bicyclic) bond motifs is 1. The molecule has 0 fully saturated rings.